The number of anilines is 1. The third-order valence-corrected chi connectivity index (χ3v) is 6.04. The van der Waals surface area contributed by atoms with Crippen molar-refractivity contribution in [2.24, 2.45) is 7.05 Å². The van der Waals surface area contributed by atoms with E-state index < -0.39 is 0 Å². The van der Waals surface area contributed by atoms with E-state index in [1.807, 2.05) is 62.7 Å². The molecular weight excluding hydrogens is 418 g/mol. The molecule has 2 aromatic carbocycles. The first-order valence-electron chi connectivity index (χ1n) is 9.26. The Morgan fingerprint density at radius 2 is 1.90 bits per heavy atom. The largest absolute Gasteiger partial charge is 0.345 e. The molecular formula is C21H23N5O2S2. The van der Waals surface area contributed by atoms with E-state index in [-0.39, 0.29) is 24.1 Å². The number of rotatable bonds is 8. The molecule has 0 aliphatic rings. The topological polar surface area (TPSA) is 88.9 Å². The Hall–Kier alpha value is -2.78. The van der Waals surface area contributed by atoms with Crippen LogP contribution in [0.3, 0.4) is 0 Å². The smallest absolute Gasteiger partial charge is 0.251 e. The fraction of sp³-hybridized carbons (Fsp3) is 0.238. The van der Waals surface area contributed by atoms with Crippen LogP contribution in [0.15, 0.2) is 58.6 Å². The van der Waals surface area contributed by atoms with E-state index in [0.717, 1.165) is 16.1 Å². The molecule has 2 amide bonds. The number of aryl methyl sites for hydroxylation is 1. The Morgan fingerprint density at radius 3 is 2.67 bits per heavy atom. The van der Waals surface area contributed by atoms with Crippen molar-refractivity contribution < 1.29 is 9.59 Å². The molecule has 0 fully saturated rings. The van der Waals surface area contributed by atoms with Crippen molar-refractivity contribution in [1.82, 2.24) is 20.1 Å². The van der Waals surface area contributed by atoms with Gasteiger partial charge in [-0.3, -0.25) is 9.59 Å². The van der Waals surface area contributed by atoms with Gasteiger partial charge in [-0.2, -0.15) is 0 Å². The van der Waals surface area contributed by atoms with E-state index in [0.29, 0.717) is 16.5 Å². The summed E-state index contributed by atoms with van der Waals surface area (Å²) in [5, 5.41) is 14.6. The van der Waals surface area contributed by atoms with E-state index in [1.165, 1.54) is 11.8 Å². The molecule has 0 spiro atoms. The van der Waals surface area contributed by atoms with Gasteiger partial charge in [0.05, 0.1) is 12.3 Å². The zero-order valence-corrected chi connectivity index (χ0v) is 18.6. The molecule has 0 aliphatic carbocycles. The number of hydrogen-bond acceptors (Lipinski definition) is 6. The number of thioether (sulfide) groups is 2. The highest BCUT2D eigenvalue weighted by Gasteiger charge is 2.13. The maximum atomic E-state index is 12.3. The number of carbonyl (C=O) groups is 2. The summed E-state index contributed by atoms with van der Waals surface area (Å²) in [6, 6.07) is 15.1. The molecule has 0 aliphatic heterocycles. The van der Waals surface area contributed by atoms with Gasteiger partial charge in [-0.15, -0.1) is 22.0 Å². The zero-order chi connectivity index (χ0) is 21.5. The van der Waals surface area contributed by atoms with Crippen molar-refractivity contribution in [2.75, 3.05) is 17.3 Å². The van der Waals surface area contributed by atoms with Crippen LogP contribution in [0.1, 0.15) is 21.7 Å². The Morgan fingerprint density at radius 1 is 1.10 bits per heavy atom. The highest BCUT2D eigenvalue weighted by molar-refractivity contribution is 7.99. The Labute approximate surface area is 184 Å². The van der Waals surface area contributed by atoms with Crippen LogP contribution >= 0.6 is 23.5 Å². The van der Waals surface area contributed by atoms with Crippen LogP contribution in [0.25, 0.3) is 0 Å². The summed E-state index contributed by atoms with van der Waals surface area (Å²) < 4.78 is 1.78. The van der Waals surface area contributed by atoms with Crippen LogP contribution in [0.2, 0.25) is 0 Å². The molecule has 7 nitrogen and oxygen atoms in total. The minimum atomic E-state index is -0.164. The second-order valence-electron chi connectivity index (χ2n) is 6.58. The number of carbonyl (C=O) groups excluding carboxylic acids is 2. The third kappa shape index (κ3) is 5.87. The van der Waals surface area contributed by atoms with E-state index in [1.54, 1.807) is 22.4 Å². The maximum absolute atomic E-state index is 12.3. The van der Waals surface area contributed by atoms with Crippen LogP contribution in [0, 0.1) is 6.92 Å². The van der Waals surface area contributed by atoms with Gasteiger partial charge >= 0.3 is 0 Å². The first kappa shape index (κ1) is 21.9. The lowest BCUT2D eigenvalue weighted by atomic mass is 10.1. The summed E-state index contributed by atoms with van der Waals surface area (Å²) in [6.07, 6.45) is 1.99. The SMILES string of the molecule is CSc1cccc(NC(=O)CSc2nnc(CNC(=O)c3cccc(C)c3)n2C)c1. The van der Waals surface area contributed by atoms with Crippen molar-refractivity contribution >= 4 is 41.0 Å². The number of aromatic nitrogens is 3. The van der Waals surface area contributed by atoms with Crippen LogP contribution in [-0.4, -0.2) is 38.6 Å². The maximum Gasteiger partial charge on any atom is 0.251 e. The van der Waals surface area contributed by atoms with Gasteiger partial charge in [0, 0.05) is 23.2 Å². The first-order chi connectivity index (χ1) is 14.5. The number of nitrogens with one attached hydrogen (secondary N) is 2. The average Bonchev–Trinajstić information content (AvgIpc) is 3.10. The molecule has 156 valence electrons. The summed E-state index contributed by atoms with van der Waals surface area (Å²) in [4.78, 5) is 25.6. The lowest BCUT2D eigenvalue weighted by molar-refractivity contribution is -0.113. The third-order valence-electron chi connectivity index (χ3n) is 4.30. The molecule has 0 saturated heterocycles. The van der Waals surface area contributed by atoms with Gasteiger partial charge in [0.2, 0.25) is 5.91 Å². The molecule has 0 radical (unpaired) electrons. The van der Waals surface area contributed by atoms with Gasteiger partial charge in [0.1, 0.15) is 0 Å². The van der Waals surface area contributed by atoms with E-state index in [9.17, 15) is 9.59 Å². The molecule has 3 rings (SSSR count). The van der Waals surface area contributed by atoms with Crippen molar-refractivity contribution in [3.8, 4) is 0 Å². The van der Waals surface area contributed by atoms with E-state index in [4.69, 9.17) is 0 Å². The average molecular weight is 442 g/mol. The van der Waals surface area contributed by atoms with E-state index >= 15 is 0 Å². The second kappa shape index (κ2) is 10.3. The first-order valence-corrected chi connectivity index (χ1v) is 11.5. The number of nitrogens with zero attached hydrogens (tertiary/aromatic N) is 3. The summed E-state index contributed by atoms with van der Waals surface area (Å²) in [5.41, 5.74) is 2.40. The molecule has 0 saturated carbocycles. The number of hydrogen-bond donors (Lipinski definition) is 2. The van der Waals surface area contributed by atoms with Gasteiger partial charge in [0.25, 0.3) is 5.91 Å². The van der Waals surface area contributed by atoms with Gasteiger partial charge in [-0.05, 0) is 43.5 Å². The lowest BCUT2D eigenvalue weighted by Gasteiger charge is -2.07. The quantitative estimate of drug-likeness (QED) is 0.520. The number of benzene rings is 2. The molecule has 9 heteroatoms. The summed E-state index contributed by atoms with van der Waals surface area (Å²) in [7, 11) is 1.82. The summed E-state index contributed by atoms with van der Waals surface area (Å²) in [6.45, 7) is 2.20. The predicted molar refractivity (Wildman–Crippen MR) is 121 cm³/mol. The normalized spacial score (nSPS) is 10.6. The lowest BCUT2D eigenvalue weighted by Crippen LogP contribution is -2.24. The molecule has 30 heavy (non-hydrogen) atoms. The second-order valence-corrected chi connectivity index (χ2v) is 8.40. The Balaban J connectivity index is 1.52. The molecule has 0 bridgehead atoms. The zero-order valence-electron chi connectivity index (χ0n) is 17.0. The van der Waals surface area contributed by atoms with Crippen LogP contribution in [0.5, 0.6) is 0 Å². The van der Waals surface area contributed by atoms with Gasteiger partial charge < -0.3 is 15.2 Å². The fourth-order valence-corrected chi connectivity index (χ4v) is 3.89. The monoisotopic (exact) mass is 441 g/mol. The Bertz CT molecular complexity index is 1050. The van der Waals surface area contributed by atoms with Crippen molar-refractivity contribution in [3.63, 3.8) is 0 Å². The van der Waals surface area contributed by atoms with Crippen LogP contribution < -0.4 is 10.6 Å². The predicted octanol–water partition coefficient (Wildman–Crippen LogP) is 3.51. The Kier molecular flexibility index (Phi) is 7.53. The molecule has 3 aromatic rings. The van der Waals surface area contributed by atoms with Crippen molar-refractivity contribution in [3.05, 3.63) is 65.5 Å². The van der Waals surface area contributed by atoms with E-state index in [2.05, 4.69) is 20.8 Å². The van der Waals surface area contributed by atoms with Crippen molar-refractivity contribution in [2.45, 2.75) is 23.5 Å². The number of amides is 2. The minimum absolute atomic E-state index is 0.115. The van der Waals surface area contributed by atoms with Gasteiger partial charge in [-0.25, -0.2) is 0 Å². The summed E-state index contributed by atoms with van der Waals surface area (Å²) in [5.74, 6) is 0.551. The van der Waals surface area contributed by atoms with Gasteiger partial charge in [0.15, 0.2) is 11.0 Å². The van der Waals surface area contributed by atoms with Crippen molar-refractivity contribution in [1.29, 1.82) is 0 Å². The standard InChI is InChI=1S/C21H23N5O2S2/c1-14-6-4-7-15(10-14)20(28)22-12-18-24-25-21(26(18)2)30-13-19(27)23-16-8-5-9-17(11-16)29-3/h4-11H,12-13H2,1-3H3,(H,22,28)(H,23,27). The highest BCUT2D eigenvalue weighted by atomic mass is 32.2. The molecule has 1 aromatic heterocycles. The molecule has 0 unspecified atom stereocenters. The minimum Gasteiger partial charge on any atom is -0.345 e. The van der Waals surface area contributed by atoms with Crippen LogP contribution in [-0.2, 0) is 18.4 Å². The molecule has 1 heterocycles. The highest BCUT2D eigenvalue weighted by Crippen LogP contribution is 2.20. The van der Waals surface area contributed by atoms with Gasteiger partial charge in [-0.1, -0.05) is 35.5 Å². The fourth-order valence-electron chi connectivity index (χ4n) is 2.70. The van der Waals surface area contributed by atoms with Crippen LogP contribution in [0.4, 0.5) is 5.69 Å². The molecule has 2 N–H and O–H groups in total. The summed E-state index contributed by atoms with van der Waals surface area (Å²) >= 11 is 2.92. The molecule has 0 atom stereocenters.